The van der Waals surface area contributed by atoms with Gasteiger partial charge in [-0.1, -0.05) is 74.5 Å². The van der Waals surface area contributed by atoms with E-state index in [1.807, 2.05) is 49.4 Å². The first-order chi connectivity index (χ1) is 23.8. The van der Waals surface area contributed by atoms with Crippen LogP contribution in [0.4, 0.5) is 5.95 Å². The van der Waals surface area contributed by atoms with Crippen molar-refractivity contribution in [3.63, 3.8) is 0 Å². The number of aliphatic hydroxyl groups is 2. The number of fused-ring (bicyclic) bond motifs is 2. The van der Waals surface area contributed by atoms with Crippen LogP contribution in [-0.4, -0.2) is 66.2 Å². The number of rotatable bonds is 12. The predicted octanol–water partition coefficient (Wildman–Crippen LogP) is 3.73. The Morgan fingerprint density at radius 1 is 1.16 bits per heavy atom. The molecule has 1 unspecified atom stereocenters. The number of H-pyrrole nitrogens is 1. The average molecular weight is 707 g/mol. The van der Waals surface area contributed by atoms with Gasteiger partial charge >= 0.3 is 13.7 Å². The van der Waals surface area contributed by atoms with Crippen LogP contribution in [0.1, 0.15) is 38.1 Å². The van der Waals surface area contributed by atoms with Gasteiger partial charge in [-0.3, -0.25) is 23.7 Å². The summed E-state index contributed by atoms with van der Waals surface area (Å²) in [6.45, 7) is 6.18. The van der Waals surface area contributed by atoms with Crippen molar-refractivity contribution in [3.05, 3.63) is 94.5 Å². The van der Waals surface area contributed by atoms with Gasteiger partial charge in [0, 0.05) is 5.39 Å². The van der Waals surface area contributed by atoms with E-state index in [0.29, 0.717) is 5.39 Å². The third kappa shape index (κ3) is 7.01. The number of aromatic amines is 1. The van der Waals surface area contributed by atoms with E-state index in [2.05, 4.69) is 20.0 Å². The zero-order chi connectivity index (χ0) is 35.8. The standard InChI is InChI=1S/C34H39N6O9P/c1-19(2)26(31(43)46-16-22-12-6-5-10-20(22)3)39-50(45,49-24-15-9-13-21-11-7-8-14-23(21)24)47-17-25-28(41)34(4,44)32(48-25)40-18-36-27-29(40)37-33(35)38-30(27)42/h5-15,18-19,25-26,28,32,41,44H,16-17H2,1-4H3,(H,39,45)(H3,35,37,38,42)/t25-,26+,28-,32-,34-,50?/m1/s1. The fourth-order valence-corrected chi connectivity index (χ4v) is 7.50. The average Bonchev–Trinajstić information content (AvgIpc) is 3.59. The molecule has 16 heteroatoms. The third-order valence-corrected chi connectivity index (χ3v) is 10.2. The van der Waals surface area contributed by atoms with Crippen LogP contribution in [0.3, 0.4) is 0 Å². The van der Waals surface area contributed by atoms with E-state index in [1.54, 1.807) is 38.1 Å². The van der Waals surface area contributed by atoms with Gasteiger partial charge < -0.3 is 29.9 Å². The van der Waals surface area contributed by atoms with Gasteiger partial charge in [-0.2, -0.15) is 10.1 Å². The van der Waals surface area contributed by atoms with Crippen LogP contribution in [0.2, 0.25) is 0 Å². The largest absolute Gasteiger partial charge is 0.460 e. The molecule has 0 saturated carbocycles. The normalized spacial score (nSPS) is 22.5. The minimum atomic E-state index is -4.48. The number of aryl methyl sites for hydroxylation is 1. The van der Waals surface area contributed by atoms with Crippen molar-refractivity contribution in [1.82, 2.24) is 24.6 Å². The highest BCUT2D eigenvalue weighted by atomic mass is 31.2. The summed E-state index contributed by atoms with van der Waals surface area (Å²) in [5, 5.41) is 26.9. The number of anilines is 1. The van der Waals surface area contributed by atoms with Crippen molar-refractivity contribution in [2.45, 2.75) is 64.4 Å². The highest BCUT2D eigenvalue weighted by Crippen LogP contribution is 2.49. The molecule has 1 aliphatic rings. The summed E-state index contributed by atoms with van der Waals surface area (Å²) < 4.78 is 39.7. The Morgan fingerprint density at radius 2 is 1.88 bits per heavy atom. The summed E-state index contributed by atoms with van der Waals surface area (Å²) in [6, 6.07) is 18.9. The van der Waals surface area contributed by atoms with Gasteiger partial charge in [-0.05, 0) is 42.3 Å². The van der Waals surface area contributed by atoms with E-state index in [0.717, 1.165) is 16.5 Å². The number of nitrogens with two attached hydrogens (primary N) is 1. The van der Waals surface area contributed by atoms with Crippen molar-refractivity contribution in [2.75, 3.05) is 12.3 Å². The highest BCUT2D eigenvalue weighted by Gasteiger charge is 2.54. The van der Waals surface area contributed by atoms with E-state index in [9.17, 15) is 24.4 Å². The maximum absolute atomic E-state index is 14.7. The second-order valence-corrected chi connectivity index (χ2v) is 14.4. The number of hydrogen-bond acceptors (Lipinski definition) is 12. The van der Waals surface area contributed by atoms with Crippen LogP contribution >= 0.6 is 7.75 Å². The maximum Gasteiger partial charge on any atom is 0.459 e. The van der Waals surface area contributed by atoms with Crippen LogP contribution in [0.25, 0.3) is 21.9 Å². The van der Waals surface area contributed by atoms with Gasteiger partial charge in [-0.15, -0.1) is 0 Å². The number of nitrogens with zero attached hydrogens (tertiary/aromatic N) is 3. The zero-order valence-corrected chi connectivity index (χ0v) is 28.7. The number of nitrogen functional groups attached to an aromatic ring is 1. The fourth-order valence-electron chi connectivity index (χ4n) is 5.81. The van der Waals surface area contributed by atoms with Gasteiger partial charge in [0.05, 0.1) is 12.9 Å². The summed E-state index contributed by atoms with van der Waals surface area (Å²) in [5.41, 5.74) is 4.90. The molecule has 3 heterocycles. The first kappa shape index (κ1) is 35.2. The lowest BCUT2D eigenvalue weighted by Gasteiger charge is -2.28. The summed E-state index contributed by atoms with van der Waals surface area (Å²) >= 11 is 0. The van der Waals surface area contributed by atoms with Gasteiger partial charge in [0.25, 0.3) is 5.56 Å². The topological polar surface area (TPSA) is 213 Å². The molecule has 1 fully saturated rings. The molecule has 15 nitrogen and oxygen atoms in total. The minimum absolute atomic E-state index is 0.000367. The highest BCUT2D eigenvalue weighted by molar-refractivity contribution is 7.52. The molecule has 0 radical (unpaired) electrons. The zero-order valence-electron chi connectivity index (χ0n) is 27.8. The molecule has 2 aromatic heterocycles. The number of benzene rings is 3. The van der Waals surface area contributed by atoms with Crippen LogP contribution in [0, 0.1) is 12.8 Å². The number of carbonyl (C=O) groups is 1. The Hall–Kier alpha value is -4.63. The second-order valence-electron chi connectivity index (χ2n) is 12.7. The second kappa shape index (κ2) is 13.9. The maximum atomic E-state index is 14.7. The van der Waals surface area contributed by atoms with Crippen molar-refractivity contribution >= 4 is 41.6 Å². The van der Waals surface area contributed by atoms with E-state index >= 15 is 0 Å². The number of aromatic nitrogens is 4. The monoisotopic (exact) mass is 706 g/mol. The van der Waals surface area contributed by atoms with Gasteiger partial charge in [0.15, 0.2) is 17.4 Å². The van der Waals surface area contributed by atoms with Crippen LogP contribution in [-0.2, 0) is 30.0 Å². The Bertz CT molecular complexity index is 2130. The minimum Gasteiger partial charge on any atom is -0.460 e. The molecule has 6 atom stereocenters. The number of ether oxygens (including phenoxy) is 2. The van der Waals surface area contributed by atoms with Crippen molar-refractivity contribution < 1.29 is 38.1 Å². The summed E-state index contributed by atoms with van der Waals surface area (Å²) in [4.78, 5) is 36.4. The number of esters is 1. The van der Waals surface area contributed by atoms with Crippen LogP contribution in [0.15, 0.2) is 77.9 Å². The Balaban J connectivity index is 1.27. The molecule has 0 spiro atoms. The van der Waals surface area contributed by atoms with E-state index < -0.39 is 61.9 Å². The van der Waals surface area contributed by atoms with E-state index in [-0.39, 0.29) is 29.5 Å². The first-order valence-electron chi connectivity index (χ1n) is 16.0. The van der Waals surface area contributed by atoms with Crippen LogP contribution in [0.5, 0.6) is 5.75 Å². The van der Waals surface area contributed by atoms with Crippen molar-refractivity contribution in [3.8, 4) is 5.75 Å². The fraction of sp³-hybridized carbons (Fsp3) is 0.353. The van der Waals surface area contributed by atoms with Crippen LogP contribution < -0.4 is 20.9 Å². The predicted molar refractivity (Wildman–Crippen MR) is 184 cm³/mol. The summed E-state index contributed by atoms with van der Waals surface area (Å²) in [5.74, 6) is -1.07. The van der Waals surface area contributed by atoms with Gasteiger partial charge in [0.2, 0.25) is 5.95 Å². The molecule has 6 N–H and O–H groups in total. The Morgan fingerprint density at radius 3 is 2.64 bits per heavy atom. The van der Waals surface area contributed by atoms with E-state index in [1.165, 1.54) is 17.8 Å². The quantitative estimate of drug-likeness (QED) is 0.0925. The summed E-state index contributed by atoms with van der Waals surface area (Å²) in [6.07, 6.45) is -2.94. The third-order valence-electron chi connectivity index (χ3n) is 8.68. The molecule has 0 aliphatic carbocycles. The SMILES string of the molecule is Cc1ccccc1COC(=O)[C@@H](NP(=O)(OC[C@H]1O[C@@H](n2cnc3c(=O)[nH]c(N)nc32)[C@](C)(O)[C@@H]1O)Oc1cccc2ccccc12)C(C)C. The lowest BCUT2D eigenvalue weighted by atomic mass is 9.96. The Kier molecular flexibility index (Phi) is 9.82. The number of nitrogens with one attached hydrogen (secondary N) is 2. The molecule has 1 aliphatic heterocycles. The molecule has 1 saturated heterocycles. The molecule has 50 heavy (non-hydrogen) atoms. The lowest BCUT2D eigenvalue weighted by molar-refractivity contribution is -0.148. The number of imidazole rings is 1. The molecule has 264 valence electrons. The number of carbonyl (C=O) groups excluding carboxylic acids is 1. The molecular formula is C34H39N6O9P. The number of hydrogen-bond donors (Lipinski definition) is 5. The molecule has 5 aromatic rings. The molecule has 0 amide bonds. The first-order valence-corrected chi connectivity index (χ1v) is 17.5. The van der Waals surface area contributed by atoms with Gasteiger partial charge in [-0.25, -0.2) is 9.55 Å². The molecule has 0 bridgehead atoms. The lowest BCUT2D eigenvalue weighted by Crippen LogP contribution is -2.45. The van der Waals surface area contributed by atoms with Crippen molar-refractivity contribution in [1.29, 1.82) is 0 Å². The molecule has 3 aromatic carbocycles. The summed E-state index contributed by atoms with van der Waals surface area (Å²) in [7, 11) is -4.48. The number of aliphatic hydroxyl groups excluding tert-OH is 1. The Labute approximate surface area is 287 Å². The van der Waals surface area contributed by atoms with Gasteiger partial charge in [0.1, 0.15) is 36.2 Å². The van der Waals surface area contributed by atoms with E-state index in [4.69, 9.17) is 24.3 Å². The molecule has 6 rings (SSSR count). The van der Waals surface area contributed by atoms with Crippen molar-refractivity contribution in [2.24, 2.45) is 5.92 Å². The molecular weight excluding hydrogens is 667 g/mol. The smallest absolute Gasteiger partial charge is 0.459 e.